The van der Waals surface area contributed by atoms with Crippen LogP contribution >= 0.6 is 7.82 Å². The fraction of sp³-hybridized carbons (Fsp3) is 0.960. The summed E-state index contributed by atoms with van der Waals surface area (Å²) < 4.78 is 21.0. The van der Waals surface area contributed by atoms with Crippen LogP contribution in [-0.2, 0) is 18.6 Å². The zero-order valence-electron chi connectivity index (χ0n) is 22.2. The Bertz CT molecular complexity index is 598. The highest BCUT2D eigenvalue weighted by Gasteiger charge is 2.40. The van der Waals surface area contributed by atoms with Crippen molar-refractivity contribution in [3.63, 3.8) is 0 Å². The van der Waals surface area contributed by atoms with E-state index in [4.69, 9.17) is 14.5 Å². The first kappa shape index (κ1) is 33.5. The SMILES string of the molecule is CCCCC(CC)(CC)CCC(O)(OCCCCC(CC)(CC)CCCOP(=O)(O)O)C(=O)O. The lowest BCUT2D eigenvalue weighted by molar-refractivity contribution is -0.228. The standard InChI is InChI=1S/C25H51O8P/c1-6-11-15-24(9-4,10-5)18-19-25(28,22(26)27)32-20-13-12-16-23(7-2,8-3)17-14-21-33-34(29,30)31/h28H,6-21H2,1-5H3,(H,26,27)(H2,29,30,31). The van der Waals surface area contributed by atoms with Crippen molar-refractivity contribution >= 4 is 13.8 Å². The summed E-state index contributed by atoms with van der Waals surface area (Å²) in [6.07, 6.45) is 11.4. The molecule has 0 aliphatic carbocycles. The minimum atomic E-state index is -4.43. The Morgan fingerprint density at radius 1 is 0.735 bits per heavy atom. The predicted molar refractivity (Wildman–Crippen MR) is 134 cm³/mol. The van der Waals surface area contributed by atoms with Crippen LogP contribution in [0.4, 0.5) is 0 Å². The van der Waals surface area contributed by atoms with Crippen molar-refractivity contribution in [3.05, 3.63) is 0 Å². The Morgan fingerprint density at radius 3 is 1.71 bits per heavy atom. The monoisotopic (exact) mass is 510 g/mol. The van der Waals surface area contributed by atoms with Crippen LogP contribution in [0.3, 0.4) is 0 Å². The quantitative estimate of drug-likeness (QED) is 0.0745. The van der Waals surface area contributed by atoms with Gasteiger partial charge in [0.05, 0.1) is 13.2 Å². The van der Waals surface area contributed by atoms with Crippen LogP contribution in [0.2, 0.25) is 0 Å². The van der Waals surface area contributed by atoms with E-state index in [9.17, 15) is 19.6 Å². The average Bonchev–Trinajstić information content (AvgIpc) is 2.80. The van der Waals surface area contributed by atoms with Crippen molar-refractivity contribution < 1.29 is 38.6 Å². The van der Waals surface area contributed by atoms with E-state index in [0.29, 0.717) is 19.3 Å². The van der Waals surface area contributed by atoms with Crippen LogP contribution in [0.5, 0.6) is 0 Å². The number of rotatable bonds is 22. The molecular formula is C25H51O8P. The number of hydrogen-bond acceptors (Lipinski definition) is 5. The van der Waals surface area contributed by atoms with Gasteiger partial charge in [0.25, 0.3) is 5.79 Å². The van der Waals surface area contributed by atoms with Crippen molar-refractivity contribution in [1.29, 1.82) is 0 Å². The number of carboxylic acids is 1. The van der Waals surface area contributed by atoms with E-state index in [1.165, 1.54) is 0 Å². The normalized spacial score (nSPS) is 14.8. The third-order valence-electron chi connectivity index (χ3n) is 7.94. The zero-order valence-corrected chi connectivity index (χ0v) is 23.1. The van der Waals surface area contributed by atoms with Gasteiger partial charge in [-0.15, -0.1) is 0 Å². The molecule has 4 N–H and O–H groups in total. The molecule has 0 fully saturated rings. The van der Waals surface area contributed by atoms with Crippen molar-refractivity contribution in [1.82, 2.24) is 0 Å². The molecule has 1 atom stereocenters. The molecule has 0 aromatic carbocycles. The van der Waals surface area contributed by atoms with Gasteiger partial charge in [0.2, 0.25) is 0 Å². The topological polar surface area (TPSA) is 134 Å². The molecule has 0 bridgehead atoms. The summed E-state index contributed by atoms with van der Waals surface area (Å²) in [5.41, 5.74) is 0.0800. The second kappa shape index (κ2) is 16.3. The number of hydrogen-bond donors (Lipinski definition) is 4. The van der Waals surface area contributed by atoms with E-state index >= 15 is 0 Å². The molecule has 204 valence electrons. The Morgan fingerprint density at radius 2 is 1.24 bits per heavy atom. The highest BCUT2D eigenvalue weighted by Crippen LogP contribution is 2.41. The molecule has 0 aromatic heterocycles. The molecular weight excluding hydrogens is 459 g/mol. The molecule has 0 spiro atoms. The lowest BCUT2D eigenvalue weighted by Crippen LogP contribution is -2.43. The number of aliphatic carboxylic acids is 1. The summed E-state index contributed by atoms with van der Waals surface area (Å²) in [6, 6.07) is 0. The summed E-state index contributed by atoms with van der Waals surface area (Å²) in [4.78, 5) is 29.5. The van der Waals surface area contributed by atoms with E-state index in [0.717, 1.165) is 64.2 Å². The molecule has 34 heavy (non-hydrogen) atoms. The average molecular weight is 511 g/mol. The van der Waals surface area contributed by atoms with Crippen LogP contribution < -0.4 is 0 Å². The van der Waals surface area contributed by atoms with Crippen molar-refractivity contribution in [2.45, 2.75) is 130 Å². The number of unbranched alkanes of at least 4 members (excludes halogenated alkanes) is 2. The summed E-state index contributed by atoms with van der Waals surface area (Å²) in [6.45, 7) is 10.8. The van der Waals surface area contributed by atoms with Gasteiger partial charge in [-0.1, -0.05) is 79.6 Å². The Hall–Kier alpha value is -0.500. The van der Waals surface area contributed by atoms with Gasteiger partial charge in [-0.05, 0) is 49.4 Å². The largest absolute Gasteiger partial charge is 0.477 e. The summed E-state index contributed by atoms with van der Waals surface area (Å²) in [5.74, 6) is -3.49. The smallest absolute Gasteiger partial charge is 0.469 e. The highest BCUT2D eigenvalue weighted by atomic mass is 31.2. The molecule has 0 aliphatic rings. The van der Waals surface area contributed by atoms with Gasteiger partial charge < -0.3 is 24.7 Å². The second-order valence-corrected chi connectivity index (χ2v) is 11.1. The van der Waals surface area contributed by atoms with E-state index in [2.05, 4.69) is 39.1 Å². The van der Waals surface area contributed by atoms with Crippen LogP contribution in [0.15, 0.2) is 0 Å². The molecule has 0 heterocycles. The molecule has 0 saturated carbocycles. The van der Waals surface area contributed by atoms with E-state index in [-0.39, 0.29) is 30.5 Å². The van der Waals surface area contributed by atoms with E-state index in [1.807, 2.05) is 0 Å². The molecule has 0 saturated heterocycles. The maximum atomic E-state index is 11.8. The number of phosphoric acid groups is 1. The molecule has 0 radical (unpaired) electrons. The number of ether oxygens (including phenoxy) is 1. The molecule has 1 unspecified atom stereocenters. The molecule has 0 amide bonds. The molecule has 0 aromatic rings. The summed E-state index contributed by atoms with van der Waals surface area (Å²) in [7, 11) is -4.43. The van der Waals surface area contributed by atoms with Crippen LogP contribution in [0.25, 0.3) is 0 Å². The van der Waals surface area contributed by atoms with Crippen LogP contribution in [-0.4, -0.2) is 45.0 Å². The van der Waals surface area contributed by atoms with Gasteiger partial charge >= 0.3 is 13.8 Å². The third-order valence-corrected chi connectivity index (χ3v) is 8.46. The minimum Gasteiger partial charge on any atom is -0.477 e. The fourth-order valence-corrected chi connectivity index (χ4v) is 5.23. The first-order chi connectivity index (χ1) is 15.9. The molecule has 8 nitrogen and oxygen atoms in total. The maximum Gasteiger partial charge on any atom is 0.469 e. The Kier molecular flexibility index (Phi) is 16.0. The Balaban J connectivity index is 4.73. The fourth-order valence-electron chi connectivity index (χ4n) is 4.87. The zero-order chi connectivity index (χ0) is 26.3. The number of phosphoric ester groups is 1. The summed E-state index contributed by atoms with van der Waals surface area (Å²) >= 11 is 0. The lowest BCUT2D eigenvalue weighted by atomic mass is 9.73. The van der Waals surface area contributed by atoms with Gasteiger partial charge in [0.1, 0.15) is 0 Å². The van der Waals surface area contributed by atoms with E-state index in [1.54, 1.807) is 0 Å². The number of carbonyl (C=O) groups is 1. The van der Waals surface area contributed by atoms with Crippen LogP contribution in [0, 0.1) is 10.8 Å². The number of aliphatic hydroxyl groups is 1. The third kappa shape index (κ3) is 12.5. The van der Waals surface area contributed by atoms with Crippen LogP contribution in [0.1, 0.15) is 125 Å². The number of carboxylic acid groups (broad SMARTS) is 1. The van der Waals surface area contributed by atoms with Gasteiger partial charge in [0.15, 0.2) is 0 Å². The van der Waals surface area contributed by atoms with Crippen molar-refractivity contribution in [2.24, 2.45) is 10.8 Å². The molecule has 0 aliphatic heterocycles. The first-order valence-corrected chi connectivity index (χ1v) is 14.7. The molecule has 0 rings (SSSR count). The summed E-state index contributed by atoms with van der Waals surface area (Å²) in [5, 5.41) is 20.4. The first-order valence-electron chi connectivity index (χ1n) is 13.2. The van der Waals surface area contributed by atoms with Gasteiger partial charge in [-0.25, -0.2) is 9.36 Å². The second-order valence-electron chi connectivity index (χ2n) is 9.84. The van der Waals surface area contributed by atoms with Crippen molar-refractivity contribution in [2.75, 3.05) is 13.2 Å². The minimum absolute atomic E-state index is 0.0239. The molecule has 9 heteroatoms. The predicted octanol–water partition coefficient (Wildman–Crippen LogP) is 6.42. The van der Waals surface area contributed by atoms with Gasteiger partial charge in [-0.3, -0.25) is 4.52 Å². The maximum absolute atomic E-state index is 11.8. The van der Waals surface area contributed by atoms with Gasteiger partial charge in [-0.2, -0.15) is 0 Å². The van der Waals surface area contributed by atoms with Gasteiger partial charge in [0, 0.05) is 6.42 Å². The van der Waals surface area contributed by atoms with E-state index < -0.39 is 19.6 Å². The van der Waals surface area contributed by atoms with Crippen molar-refractivity contribution in [3.8, 4) is 0 Å². The Labute approximate surface area is 207 Å². The highest BCUT2D eigenvalue weighted by molar-refractivity contribution is 7.46. The lowest BCUT2D eigenvalue weighted by Gasteiger charge is -2.35.